The molecule has 0 saturated carbocycles. The summed E-state index contributed by atoms with van der Waals surface area (Å²) in [4.78, 5) is 69.7. The summed E-state index contributed by atoms with van der Waals surface area (Å²) in [6, 6.07) is -1.27. The number of carbonyl (C=O) groups excluding carboxylic acids is 6. The molecule has 1 rings (SSSR count). The van der Waals surface area contributed by atoms with Crippen molar-refractivity contribution in [2.75, 3.05) is 13.2 Å². The predicted octanol–water partition coefficient (Wildman–Crippen LogP) is -0.471. The number of amides is 1. The second kappa shape index (κ2) is 13.4. The van der Waals surface area contributed by atoms with Crippen LogP contribution in [0.3, 0.4) is 0 Å². The number of ether oxygens (including phenoxy) is 6. The third-order valence-corrected chi connectivity index (χ3v) is 4.16. The van der Waals surface area contributed by atoms with Gasteiger partial charge in [-0.05, 0) is 6.42 Å². The van der Waals surface area contributed by atoms with Crippen molar-refractivity contribution in [2.45, 2.75) is 78.1 Å². The van der Waals surface area contributed by atoms with E-state index in [2.05, 4.69) is 5.32 Å². The summed E-state index contributed by atoms with van der Waals surface area (Å²) in [5, 5.41) is 2.55. The van der Waals surface area contributed by atoms with Gasteiger partial charge in [0.2, 0.25) is 12.2 Å². The van der Waals surface area contributed by atoms with Crippen molar-refractivity contribution in [3.63, 3.8) is 0 Å². The normalized spacial score (nSPS) is 24.1. The molecular weight excluding hydrogens is 446 g/mol. The van der Waals surface area contributed by atoms with Crippen LogP contribution < -0.4 is 5.32 Å². The molecule has 5 atom stereocenters. The van der Waals surface area contributed by atoms with E-state index < -0.39 is 73.0 Å². The van der Waals surface area contributed by atoms with Crippen molar-refractivity contribution in [1.29, 1.82) is 0 Å². The van der Waals surface area contributed by atoms with E-state index in [1.807, 2.05) is 0 Å². The molecule has 33 heavy (non-hydrogen) atoms. The first-order valence-corrected chi connectivity index (χ1v) is 10.1. The third-order valence-electron chi connectivity index (χ3n) is 4.16. The number of carbonyl (C=O) groups is 6. The van der Waals surface area contributed by atoms with Crippen LogP contribution in [0.2, 0.25) is 0 Å². The van der Waals surface area contributed by atoms with Gasteiger partial charge in [-0.2, -0.15) is 0 Å². The Morgan fingerprint density at radius 3 is 1.79 bits per heavy atom. The largest absolute Gasteiger partial charge is 0.466 e. The van der Waals surface area contributed by atoms with E-state index in [4.69, 9.17) is 28.4 Å². The first-order chi connectivity index (χ1) is 15.4. The van der Waals surface area contributed by atoms with E-state index in [1.165, 1.54) is 6.92 Å². The average molecular weight is 475 g/mol. The monoisotopic (exact) mass is 475 g/mol. The molecule has 0 unspecified atom stereocenters. The summed E-state index contributed by atoms with van der Waals surface area (Å²) in [6.45, 7) is 5.27. The minimum absolute atomic E-state index is 0.00516. The van der Waals surface area contributed by atoms with Crippen LogP contribution in [0.15, 0.2) is 0 Å². The molecule has 1 amide bonds. The molecule has 13 nitrogen and oxygen atoms in total. The van der Waals surface area contributed by atoms with Crippen LogP contribution in [0.1, 0.15) is 47.5 Å². The highest BCUT2D eigenvalue weighted by Crippen LogP contribution is 2.28. The standard InChI is InChI=1S/C20H29NO12/c1-10(22)28-8-6-7-16(27)21-17-19(31-13(4)25)18(30-12(3)24)15(9-29-11(2)23)33-20(17)32-14(5)26/h15,17-20H,6-9H2,1-5H3,(H,21,27)/t15-,17-,18-,19-,20-/m1/s1. The van der Waals surface area contributed by atoms with Crippen molar-refractivity contribution in [3.8, 4) is 0 Å². The highest BCUT2D eigenvalue weighted by molar-refractivity contribution is 5.77. The summed E-state index contributed by atoms with van der Waals surface area (Å²) in [5.74, 6) is -4.02. The fourth-order valence-corrected chi connectivity index (χ4v) is 3.03. The predicted molar refractivity (Wildman–Crippen MR) is 106 cm³/mol. The smallest absolute Gasteiger partial charge is 0.305 e. The van der Waals surface area contributed by atoms with E-state index in [0.717, 1.165) is 27.7 Å². The van der Waals surface area contributed by atoms with Gasteiger partial charge in [0.05, 0.1) is 6.61 Å². The lowest BCUT2D eigenvalue weighted by molar-refractivity contribution is -0.271. The van der Waals surface area contributed by atoms with Gasteiger partial charge in [-0.25, -0.2) is 0 Å². The Labute approximate surface area is 190 Å². The number of rotatable bonds is 10. The molecule has 0 aliphatic carbocycles. The third kappa shape index (κ3) is 10.3. The Hall–Kier alpha value is -3.22. The minimum atomic E-state index is -1.46. The first kappa shape index (κ1) is 27.8. The van der Waals surface area contributed by atoms with Gasteiger partial charge >= 0.3 is 29.8 Å². The molecule has 0 bridgehead atoms. The summed E-state index contributed by atoms with van der Waals surface area (Å²) >= 11 is 0. The maximum atomic E-state index is 12.5. The van der Waals surface area contributed by atoms with Crippen LogP contribution in [0.25, 0.3) is 0 Å². The Bertz CT molecular complexity index is 751. The van der Waals surface area contributed by atoms with Gasteiger partial charge in [-0.15, -0.1) is 0 Å². The van der Waals surface area contributed by atoms with E-state index in [9.17, 15) is 28.8 Å². The molecule has 1 aliphatic rings. The van der Waals surface area contributed by atoms with Crippen molar-refractivity contribution in [3.05, 3.63) is 0 Å². The molecule has 1 N–H and O–H groups in total. The van der Waals surface area contributed by atoms with E-state index >= 15 is 0 Å². The lowest BCUT2D eigenvalue weighted by Gasteiger charge is -2.44. The van der Waals surface area contributed by atoms with Crippen molar-refractivity contribution >= 4 is 35.8 Å². The minimum Gasteiger partial charge on any atom is -0.466 e. The molecule has 0 aromatic rings. The highest BCUT2D eigenvalue weighted by atomic mass is 16.7. The van der Waals surface area contributed by atoms with Gasteiger partial charge in [-0.1, -0.05) is 0 Å². The van der Waals surface area contributed by atoms with Gasteiger partial charge < -0.3 is 33.7 Å². The molecule has 0 spiro atoms. The molecule has 1 saturated heterocycles. The van der Waals surface area contributed by atoms with Crippen molar-refractivity contribution in [1.82, 2.24) is 5.32 Å². The molecule has 186 valence electrons. The van der Waals surface area contributed by atoms with Crippen LogP contribution in [0, 0.1) is 0 Å². The molecule has 1 heterocycles. The summed E-state index contributed by atoms with van der Waals surface area (Å²) in [6.07, 6.45) is -5.18. The number of hydrogen-bond donors (Lipinski definition) is 1. The first-order valence-electron chi connectivity index (χ1n) is 10.1. The zero-order valence-corrected chi connectivity index (χ0v) is 19.1. The van der Waals surface area contributed by atoms with Gasteiger partial charge in [0.15, 0.2) is 12.2 Å². The molecule has 0 aromatic heterocycles. The lowest BCUT2D eigenvalue weighted by atomic mass is 9.96. The molecule has 0 radical (unpaired) electrons. The zero-order chi connectivity index (χ0) is 25.1. The van der Waals surface area contributed by atoms with Gasteiger partial charge in [0.25, 0.3) is 0 Å². The van der Waals surface area contributed by atoms with E-state index in [-0.39, 0.29) is 19.4 Å². The van der Waals surface area contributed by atoms with E-state index in [1.54, 1.807) is 0 Å². The summed E-state index contributed by atoms with van der Waals surface area (Å²) in [5.41, 5.74) is 0. The number of esters is 5. The van der Waals surface area contributed by atoms with Crippen molar-refractivity contribution in [2.24, 2.45) is 0 Å². The SMILES string of the molecule is CC(=O)OCCCC(=O)N[C@H]1[C@H](OC(C)=O)O[C@H](COC(C)=O)[C@@H](OC(C)=O)[C@@H]1OC(C)=O. The second-order valence-electron chi connectivity index (χ2n) is 7.14. The highest BCUT2D eigenvalue weighted by Gasteiger charge is 2.52. The van der Waals surface area contributed by atoms with Gasteiger partial charge in [0, 0.05) is 41.0 Å². The Morgan fingerprint density at radius 1 is 0.727 bits per heavy atom. The van der Waals surface area contributed by atoms with Crippen LogP contribution in [-0.2, 0) is 57.2 Å². The van der Waals surface area contributed by atoms with Gasteiger partial charge in [0.1, 0.15) is 18.8 Å². The Morgan fingerprint density at radius 2 is 1.27 bits per heavy atom. The Kier molecular flexibility index (Phi) is 11.3. The average Bonchev–Trinajstić information content (AvgIpc) is 2.67. The van der Waals surface area contributed by atoms with Crippen molar-refractivity contribution < 1.29 is 57.2 Å². The fourth-order valence-electron chi connectivity index (χ4n) is 3.03. The molecule has 1 aliphatic heterocycles. The van der Waals surface area contributed by atoms with Crippen LogP contribution in [-0.4, -0.2) is 79.6 Å². The van der Waals surface area contributed by atoms with Crippen LogP contribution in [0.5, 0.6) is 0 Å². The Balaban J connectivity index is 3.18. The lowest BCUT2D eigenvalue weighted by Crippen LogP contribution is -2.67. The zero-order valence-electron chi connectivity index (χ0n) is 19.1. The summed E-state index contributed by atoms with van der Waals surface area (Å²) in [7, 11) is 0. The summed E-state index contributed by atoms with van der Waals surface area (Å²) < 4.78 is 31.1. The maximum Gasteiger partial charge on any atom is 0.305 e. The molecular formula is C20H29NO12. The molecule has 13 heteroatoms. The second-order valence-corrected chi connectivity index (χ2v) is 7.14. The molecule has 1 fully saturated rings. The van der Waals surface area contributed by atoms with E-state index in [0.29, 0.717) is 0 Å². The fraction of sp³-hybridized carbons (Fsp3) is 0.700. The molecule has 0 aromatic carbocycles. The number of nitrogens with one attached hydrogen (secondary N) is 1. The maximum absolute atomic E-state index is 12.5. The quantitative estimate of drug-likeness (QED) is 0.245. The number of hydrogen-bond acceptors (Lipinski definition) is 12. The topological polar surface area (TPSA) is 170 Å². The van der Waals surface area contributed by atoms with Crippen LogP contribution >= 0.6 is 0 Å². The van der Waals surface area contributed by atoms with Crippen LogP contribution in [0.4, 0.5) is 0 Å². The van der Waals surface area contributed by atoms with Gasteiger partial charge in [-0.3, -0.25) is 28.8 Å².